The van der Waals surface area contributed by atoms with Gasteiger partial charge < -0.3 is 39.5 Å². The van der Waals surface area contributed by atoms with Crippen LogP contribution in [0.3, 0.4) is 0 Å². The average molecular weight is 611 g/mol. The van der Waals surface area contributed by atoms with Gasteiger partial charge in [-0.15, -0.1) is 0 Å². The number of nitrogens with zero attached hydrogens (tertiary/aromatic N) is 2. The van der Waals surface area contributed by atoms with Crippen LogP contribution < -0.4 is 4.74 Å². The van der Waals surface area contributed by atoms with E-state index in [-0.39, 0.29) is 40.8 Å². The number of rotatable bonds is 8. The van der Waals surface area contributed by atoms with Gasteiger partial charge in [-0.1, -0.05) is 12.1 Å². The minimum atomic E-state index is -2.02. The van der Waals surface area contributed by atoms with Crippen LogP contribution >= 0.6 is 0 Å². The fourth-order valence-electron chi connectivity index (χ4n) is 6.31. The van der Waals surface area contributed by atoms with Crippen molar-refractivity contribution in [2.45, 2.75) is 83.2 Å². The van der Waals surface area contributed by atoms with Crippen LogP contribution in [-0.4, -0.2) is 99.4 Å². The van der Waals surface area contributed by atoms with Gasteiger partial charge in [0.05, 0.1) is 48.4 Å². The highest BCUT2D eigenvalue weighted by Gasteiger charge is 2.49. The molecule has 0 amide bonds. The van der Waals surface area contributed by atoms with Crippen LogP contribution in [0.4, 0.5) is 0 Å². The molecule has 236 valence electrons. The van der Waals surface area contributed by atoms with Crippen molar-refractivity contribution in [3.63, 3.8) is 0 Å². The second-order valence-corrected chi connectivity index (χ2v) is 11.5. The zero-order valence-corrected chi connectivity index (χ0v) is 25.4. The van der Waals surface area contributed by atoms with Gasteiger partial charge in [0.15, 0.2) is 17.9 Å². The zero-order valence-electron chi connectivity index (χ0n) is 25.4. The highest BCUT2D eigenvalue weighted by Crippen LogP contribution is 2.52. The van der Waals surface area contributed by atoms with Crippen molar-refractivity contribution in [1.82, 2.24) is 4.90 Å². The van der Waals surface area contributed by atoms with Crippen molar-refractivity contribution < 1.29 is 49.0 Å². The molecule has 6 atom stereocenters. The van der Waals surface area contributed by atoms with Crippen LogP contribution in [0.25, 0.3) is 0 Å². The summed E-state index contributed by atoms with van der Waals surface area (Å²) >= 11 is 0. The van der Waals surface area contributed by atoms with Crippen LogP contribution in [0, 0.1) is 0 Å². The first-order valence-corrected chi connectivity index (χ1v) is 14.7. The van der Waals surface area contributed by atoms with E-state index in [2.05, 4.69) is 4.99 Å². The van der Waals surface area contributed by atoms with Crippen molar-refractivity contribution in [3.8, 4) is 17.2 Å². The highest BCUT2D eigenvalue weighted by atomic mass is 16.7. The van der Waals surface area contributed by atoms with Crippen LogP contribution in [0.1, 0.15) is 89.6 Å². The summed E-state index contributed by atoms with van der Waals surface area (Å²) in [6, 6.07) is 3.86. The Balaban J connectivity index is 1.59. The van der Waals surface area contributed by atoms with Crippen molar-refractivity contribution in [1.29, 1.82) is 0 Å². The number of benzene rings is 2. The third-order valence-corrected chi connectivity index (χ3v) is 8.96. The molecule has 2 aromatic carbocycles. The fraction of sp³-hybridized carbons (Fsp3) is 0.500. The number of aromatic hydroxyl groups is 2. The lowest BCUT2D eigenvalue weighted by Crippen LogP contribution is -2.49. The monoisotopic (exact) mass is 610 g/mol. The standard InChI is InChI=1S/C32H38N2O10/c1-6-34(7-2)14-33-19-11-22(43-15(3)27(19)36)44-21-13-32(41,16(4)35)12-18-24(21)31(40)26-25(29(18)38)28(37)17-9-8-10-20(42-5)23(17)30(26)39/h8-10,14-15,19,21-22,27,36,38,40-41H,6-7,11-13H2,1-5H3/t15?,19-,21+,22?,27?,32?/m1/s1. The van der Waals surface area contributed by atoms with Crippen LogP contribution in [-0.2, 0) is 20.7 Å². The van der Waals surface area contributed by atoms with Gasteiger partial charge in [0.2, 0.25) is 5.78 Å². The molecule has 3 aliphatic rings. The first kappa shape index (κ1) is 31.6. The summed E-state index contributed by atoms with van der Waals surface area (Å²) in [5.41, 5.74) is -3.03. The maximum absolute atomic E-state index is 13.8. The average Bonchev–Trinajstić information content (AvgIpc) is 2.99. The predicted octanol–water partition coefficient (Wildman–Crippen LogP) is 2.44. The number of ketones is 3. The second kappa shape index (κ2) is 11.9. The van der Waals surface area contributed by atoms with E-state index in [1.165, 1.54) is 32.2 Å². The fourth-order valence-corrected chi connectivity index (χ4v) is 6.31. The van der Waals surface area contributed by atoms with Crippen molar-refractivity contribution in [2.75, 3.05) is 20.2 Å². The largest absolute Gasteiger partial charge is 0.507 e. The first-order chi connectivity index (χ1) is 20.9. The SMILES string of the molecule is CCN(C=N[C@@H]1CC(O[C@H]2CC(O)(C(C)=O)Cc3c(O)c4c(c(O)c32)C(=O)c2c(OC)cccc2C4=O)OC(C)C1O)CC. The Morgan fingerprint density at radius 2 is 1.82 bits per heavy atom. The molecule has 0 radical (unpaired) electrons. The molecule has 12 nitrogen and oxygen atoms in total. The van der Waals surface area contributed by atoms with E-state index in [4.69, 9.17) is 14.2 Å². The van der Waals surface area contributed by atoms with Crippen LogP contribution in [0.2, 0.25) is 0 Å². The van der Waals surface area contributed by atoms with Crippen LogP contribution in [0.5, 0.6) is 17.2 Å². The van der Waals surface area contributed by atoms with E-state index in [9.17, 15) is 34.8 Å². The summed E-state index contributed by atoms with van der Waals surface area (Å²) in [6.07, 6.45) is -2.86. The molecule has 2 aliphatic carbocycles. The van der Waals surface area contributed by atoms with E-state index in [1.54, 1.807) is 13.3 Å². The molecule has 44 heavy (non-hydrogen) atoms. The Hall–Kier alpha value is -3.84. The lowest BCUT2D eigenvalue weighted by Gasteiger charge is -2.42. The molecule has 1 heterocycles. The van der Waals surface area contributed by atoms with Gasteiger partial charge in [0, 0.05) is 49.0 Å². The van der Waals surface area contributed by atoms with Gasteiger partial charge in [0.1, 0.15) is 29.0 Å². The smallest absolute Gasteiger partial charge is 0.202 e. The topological polar surface area (TPSA) is 175 Å². The Bertz CT molecular complexity index is 1530. The molecule has 0 aromatic heterocycles. The van der Waals surface area contributed by atoms with E-state index in [1.807, 2.05) is 18.7 Å². The molecule has 0 spiro atoms. The Kier molecular flexibility index (Phi) is 8.56. The van der Waals surface area contributed by atoms with Crippen molar-refractivity contribution >= 4 is 23.7 Å². The molecular weight excluding hydrogens is 572 g/mol. The van der Waals surface area contributed by atoms with Crippen molar-refractivity contribution in [3.05, 3.63) is 51.6 Å². The molecule has 4 N–H and O–H groups in total. The Labute approximate surface area is 254 Å². The van der Waals surface area contributed by atoms with Gasteiger partial charge in [-0.25, -0.2) is 0 Å². The number of carbonyl (C=O) groups excluding carboxylic acids is 3. The van der Waals surface area contributed by atoms with Gasteiger partial charge in [0.25, 0.3) is 0 Å². The molecule has 2 aromatic rings. The van der Waals surface area contributed by atoms with Crippen LogP contribution in [0.15, 0.2) is 23.2 Å². The number of aliphatic hydroxyl groups excluding tert-OH is 1. The molecule has 1 saturated heterocycles. The normalized spacial score (nSPS) is 27.9. The van der Waals surface area contributed by atoms with E-state index in [0.29, 0.717) is 0 Å². The van der Waals surface area contributed by atoms with Gasteiger partial charge in [-0.3, -0.25) is 19.4 Å². The molecule has 12 heteroatoms. The summed E-state index contributed by atoms with van der Waals surface area (Å²) < 4.78 is 17.5. The summed E-state index contributed by atoms with van der Waals surface area (Å²) in [6.45, 7) is 8.27. The number of Topliss-reactive ketones (excluding diaryl/α,β-unsaturated/α-hetero) is 1. The summed E-state index contributed by atoms with van der Waals surface area (Å²) in [5, 5.41) is 45.3. The number of aliphatic imine (C=N–C) groups is 1. The number of phenolic OH excluding ortho intramolecular Hbond substituents is 2. The second-order valence-electron chi connectivity index (χ2n) is 11.5. The van der Waals surface area contributed by atoms with Crippen molar-refractivity contribution in [2.24, 2.45) is 4.99 Å². The van der Waals surface area contributed by atoms with E-state index >= 15 is 0 Å². The third-order valence-electron chi connectivity index (χ3n) is 8.96. The Morgan fingerprint density at radius 1 is 1.14 bits per heavy atom. The molecule has 1 fully saturated rings. The highest BCUT2D eigenvalue weighted by molar-refractivity contribution is 6.31. The third kappa shape index (κ3) is 5.15. The minimum absolute atomic E-state index is 0.0126. The number of aliphatic hydroxyl groups is 2. The molecule has 1 aliphatic heterocycles. The zero-order chi connectivity index (χ0) is 32.1. The van der Waals surface area contributed by atoms with Gasteiger partial charge >= 0.3 is 0 Å². The molecular formula is C32H38N2O10. The number of ether oxygens (including phenoxy) is 3. The van der Waals surface area contributed by atoms with E-state index in [0.717, 1.165) is 13.1 Å². The predicted molar refractivity (Wildman–Crippen MR) is 158 cm³/mol. The summed E-state index contributed by atoms with van der Waals surface area (Å²) in [4.78, 5) is 46.6. The number of hydrogen-bond acceptors (Lipinski definition) is 11. The lowest BCUT2D eigenvalue weighted by molar-refractivity contribution is -0.246. The van der Waals surface area contributed by atoms with Gasteiger partial charge in [-0.05, 0) is 33.8 Å². The van der Waals surface area contributed by atoms with E-state index < -0.39 is 82.6 Å². The molecule has 4 unspecified atom stereocenters. The number of fused-ring (bicyclic) bond motifs is 3. The molecule has 0 bridgehead atoms. The summed E-state index contributed by atoms with van der Waals surface area (Å²) in [5.74, 6) is -3.15. The molecule has 5 rings (SSSR count). The number of methoxy groups -OCH3 is 1. The quantitative estimate of drug-likeness (QED) is 0.167. The number of hydrogen-bond donors (Lipinski definition) is 4. The Morgan fingerprint density at radius 3 is 2.45 bits per heavy atom. The maximum atomic E-state index is 13.8. The maximum Gasteiger partial charge on any atom is 0.202 e. The number of phenols is 2. The number of carbonyl (C=O) groups is 3. The molecule has 0 saturated carbocycles. The van der Waals surface area contributed by atoms with Gasteiger partial charge in [-0.2, -0.15) is 0 Å². The lowest BCUT2D eigenvalue weighted by atomic mass is 9.72. The first-order valence-electron chi connectivity index (χ1n) is 14.7. The summed E-state index contributed by atoms with van der Waals surface area (Å²) in [7, 11) is 1.35. The minimum Gasteiger partial charge on any atom is -0.507 e.